The Bertz CT molecular complexity index is 995. The molecule has 4 unspecified atom stereocenters. The number of nitrogens with one attached hydrogen (secondary N) is 3. The van der Waals surface area contributed by atoms with E-state index in [1.54, 1.807) is 0 Å². The van der Waals surface area contributed by atoms with Gasteiger partial charge in [-0.05, 0) is 37.5 Å². The maximum atomic E-state index is 13.0. The summed E-state index contributed by atoms with van der Waals surface area (Å²) in [7, 11) is 0. The molecule has 0 saturated heterocycles. The Kier molecular flexibility index (Phi) is 12.3. The number of nitrogens with two attached hydrogens (primary N) is 4. The first kappa shape index (κ1) is 30.6. The lowest BCUT2D eigenvalue weighted by Crippen LogP contribution is -2.56. The van der Waals surface area contributed by atoms with Crippen LogP contribution in [0, 0.1) is 0 Å². The number of carbonyl (C=O) groups excluding carboxylic acids is 4. The summed E-state index contributed by atoms with van der Waals surface area (Å²) in [6.07, 6.45) is -0.203. The summed E-state index contributed by atoms with van der Waals surface area (Å²) in [5, 5.41) is 26.2. The van der Waals surface area contributed by atoms with Crippen molar-refractivity contribution in [3.63, 3.8) is 0 Å². The zero-order chi connectivity index (χ0) is 28.1. The molecule has 4 atom stereocenters. The molecule has 0 aromatic heterocycles. The summed E-state index contributed by atoms with van der Waals surface area (Å²) in [4.78, 5) is 64.2. The summed E-state index contributed by atoms with van der Waals surface area (Å²) in [6, 6.07) is 0.856. The van der Waals surface area contributed by atoms with Gasteiger partial charge < -0.3 is 49.1 Å². The Morgan fingerprint density at radius 3 is 2.05 bits per heavy atom. The number of hydrogen-bond donors (Lipinski definition) is 9. The Balaban J connectivity index is 2.92. The minimum Gasteiger partial charge on any atom is -0.508 e. The molecule has 15 heteroatoms. The van der Waals surface area contributed by atoms with E-state index in [0.29, 0.717) is 5.56 Å². The van der Waals surface area contributed by atoms with Crippen LogP contribution < -0.4 is 38.9 Å². The number of aliphatic imine (C=N–C) groups is 1. The van der Waals surface area contributed by atoms with Gasteiger partial charge in [-0.1, -0.05) is 12.1 Å². The van der Waals surface area contributed by atoms with Crippen molar-refractivity contribution in [2.75, 3.05) is 6.54 Å². The molecule has 4 amide bonds. The fraction of sp³-hybridized carbons (Fsp3) is 0.455. The van der Waals surface area contributed by atoms with Crippen LogP contribution in [0.2, 0.25) is 0 Å². The van der Waals surface area contributed by atoms with E-state index in [1.807, 2.05) is 0 Å². The van der Waals surface area contributed by atoms with E-state index < -0.39 is 60.2 Å². The molecule has 0 bridgehead atoms. The monoisotopic (exact) mass is 522 g/mol. The average Bonchev–Trinajstić information content (AvgIpc) is 2.80. The molecule has 0 fully saturated rings. The van der Waals surface area contributed by atoms with Gasteiger partial charge in [0, 0.05) is 13.0 Å². The summed E-state index contributed by atoms with van der Waals surface area (Å²) < 4.78 is 0. The average molecular weight is 523 g/mol. The number of hydrogen-bond acceptors (Lipinski definition) is 8. The summed E-state index contributed by atoms with van der Waals surface area (Å²) in [6.45, 7) is 1.48. The van der Waals surface area contributed by atoms with Crippen LogP contribution >= 0.6 is 0 Å². The Hall–Kier alpha value is -4.40. The number of guanidine groups is 1. The number of phenolic OH excluding ortho intramolecular Hbond substituents is 1. The third-order valence-electron chi connectivity index (χ3n) is 5.08. The minimum atomic E-state index is -1.34. The number of rotatable bonds is 15. The highest BCUT2D eigenvalue weighted by Gasteiger charge is 2.29. The van der Waals surface area contributed by atoms with Crippen LogP contribution in [-0.2, 0) is 30.4 Å². The van der Waals surface area contributed by atoms with Gasteiger partial charge in [0.05, 0.1) is 12.5 Å². The van der Waals surface area contributed by atoms with Gasteiger partial charge in [-0.3, -0.25) is 24.2 Å². The highest BCUT2D eigenvalue weighted by molar-refractivity contribution is 5.94. The molecule has 1 aromatic carbocycles. The molecule has 0 saturated carbocycles. The van der Waals surface area contributed by atoms with Crippen LogP contribution in [0.3, 0.4) is 0 Å². The number of aromatic hydroxyl groups is 1. The largest absolute Gasteiger partial charge is 0.508 e. The van der Waals surface area contributed by atoms with Crippen molar-refractivity contribution < 1.29 is 34.2 Å². The summed E-state index contributed by atoms with van der Waals surface area (Å²) in [5.41, 5.74) is 21.7. The highest BCUT2D eigenvalue weighted by Crippen LogP contribution is 2.12. The lowest BCUT2D eigenvalue weighted by atomic mass is 10.0. The second-order valence-corrected chi connectivity index (χ2v) is 8.29. The summed E-state index contributed by atoms with van der Waals surface area (Å²) >= 11 is 0. The molecule has 0 aliphatic rings. The van der Waals surface area contributed by atoms with Crippen molar-refractivity contribution >= 4 is 35.6 Å². The molecule has 1 rings (SSSR count). The number of aliphatic carboxylic acids is 1. The van der Waals surface area contributed by atoms with Gasteiger partial charge in [-0.2, -0.15) is 0 Å². The number of carboxylic acids is 1. The standard InChI is InChI=1S/C22H34N8O7/c1-11(28-19(34)14(23)10-17(24)32)18(33)29-15(3-2-8-27-22(25)26)20(35)30-16(21(36)37)9-12-4-6-13(31)7-5-12/h4-7,11,14-16,31H,2-3,8-10,23H2,1H3,(H2,24,32)(H,28,34)(H,29,33)(H,30,35)(H,36,37)(H4,25,26,27). The molecule has 0 aliphatic carbocycles. The highest BCUT2D eigenvalue weighted by atomic mass is 16.4. The summed E-state index contributed by atoms with van der Waals surface area (Å²) in [5.74, 6) is -4.60. The van der Waals surface area contributed by atoms with Crippen molar-refractivity contribution in [3.05, 3.63) is 29.8 Å². The third-order valence-corrected chi connectivity index (χ3v) is 5.08. The van der Waals surface area contributed by atoms with E-state index in [4.69, 9.17) is 22.9 Å². The van der Waals surface area contributed by atoms with Crippen molar-refractivity contribution in [1.29, 1.82) is 0 Å². The van der Waals surface area contributed by atoms with Crippen LogP contribution in [0.4, 0.5) is 0 Å². The van der Waals surface area contributed by atoms with E-state index in [-0.39, 0.29) is 37.5 Å². The first-order valence-corrected chi connectivity index (χ1v) is 11.3. The molecule has 15 nitrogen and oxygen atoms in total. The number of phenols is 1. The molecule has 37 heavy (non-hydrogen) atoms. The van der Waals surface area contributed by atoms with Crippen LogP contribution in [-0.4, -0.2) is 76.5 Å². The second-order valence-electron chi connectivity index (χ2n) is 8.29. The van der Waals surface area contributed by atoms with Gasteiger partial charge in [0.15, 0.2) is 5.96 Å². The SMILES string of the molecule is CC(NC(=O)C(N)CC(N)=O)C(=O)NC(CCCN=C(N)N)C(=O)NC(Cc1ccc(O)cc1)C(=O)O. The maximum absolute atomic E-state index is 13.0. The topological polar surface area (TPSA) is 278 Å². The van der Waals surface area contributed by atoms with Crippen molar-refractivity contribution in [2.45, 2.75) is 56.8 Å². The number of amides is 4. The van der Waals surface area contributed by atoms with Gasteiger partial charge in [-0.15, -0.1) is 0 Å². The van der Waals surface area contributed by atoms with Crippen LogP contribution in [0.25, 0.3) is 0 Å². The van der Waals surface area contributed by atoms with E-state index >= 15 is 0 Å². The van der Waals surface area contributed by atoms with E-state index in [9.17, 15) is 34.2 Å². The lowest BCUT2D eigenvalue weighted by molar-refractivity contribution is -0.142. The van der Waals surface area contributed by atoms with Crippen molar-refractivity contribution in [2.24, 2.45) is 27.9 Å². The molecular weight excluding hydrogens is 488 g/mol. The van der Waals surface area contributed by atoms with Gasteiger partial charge in [-0.25, -0.2) is 4.79 Å². The molecule has 13 N–H and O–H groups in total. The number of carboxylic acid groups (broad SMARTS) is 1. The molecule has 0 aliphatic heterocycles. The minimum absolute atomic E-state index is 0.00000563. The smallest absolute Gasteiger partial charge is 0.326 e. The zero-order valence-electron chi connectivity index (χ0n) is 20.3. The first-order valence-electron chi connectivity index (χ1n) is 11.3. The van der Waals surface area contributed by atoms with E-state index in [2.05, 4.69) is 20.9 Å². The number of carbonyl (C=O) groups is 5. The fourth-order valence-electron chi connectivity index (χ4n) is 3.10. The van der Waals surface area contributed by atoms with Gasteiger partial charge in [0.25, 0.3) is 0 Å². The Morgan fingerprint density at radius 1 is 0.919 bits per heavy atom. The Morgan fingerprint density at radius 2 is 1.51 bits per heavy atom. The third kappa shape index (κ3) is 11.7. The maximum Gasteiger partial charge on any atom is 0.326 e. The first-order chi connectivity index (χ1) is 17.3. The van der Waals surface area contributed by atoms with Crippen molar-refractivity contribution in [3.8, 4) is 5.75 Å². The number of primary amides is 1. The molecule has 0 radical (unpaired) electrons. The normalized spacial score (nSPS) is 13.8. The molecule has 1 aromatic rings. The number of nitrogens with zero attached hydrogens (tertiary/aromatic N) is 1. The van der Waals surface area contributed by atoms with Gasteiger partial charge in [0.1, 0.15) is 23.9 Å². The van der Waals surface area contributed by atoms with Gasteiger partial charge in [0.2, 0.25) is 23.6 Å². The predicted molar refractivity (Wildman–Crippen MR) is 133 cm³/mol. The lowest BCUT2D eigenvalue weighted by Gasteiger charge is -2.23. The Labute approximate surface area is 213 Å². The second kappa shape index (κ2) is 14.9. The van der Waals surface area contributed by atoms with Gasteiger partial charge >= 0.3 is 5.97 Å². The quantitative estimate of drug-likeness (QED) is 0.0630. The number of benzene rings is 1. The zero-order valence-corrected chi connectivity index (χ0v) is 20.3. The molecular formula is C22H34N8O7. The molecule has 0 spiro atoms. The molecule has 204 valence electrons. The van der Waals surface area contributed by atoms with Crippen LogP contribution in [0.15, 0.2) is 29.3 Å². The molecule has 0 heterocycles. The van der Waals surface area contributed by atoms with Crippen molar-refractivity contribution in [1.82, 2.24) is 16.0 Å². The van der Waals surface area contributed by atoms with Crippen LogP contribution in [0.1, 0.15) is 31.7 Å². The van der Waals surface area contributed by atoms with Crippen LogP contribution in [0.5, 0.6) is 5.75 Å². The van der Waals surface area contributed by atoms with E-state index in [1.165, 1.54) is 31.2 Å². The fourth-order valence-corrected chi connectivity index (χ4v) is 3.10. The predicted octanol–water partition coefficient (Wildman–Crippen LogP) is -3.25. The van der Waals surface area contributed by atoms with E-state index in [0.717, 1.165) is 0 Å².